The smallest absolute Gasteiger partial charge is 0.300 e. The molecule has 0 unspecified atom stereocenters. The number of nitrogens with zero attached hydrogens (tertiary/aromatic N) is 5. The maximum atomic E-state index is 12.5. The fourth-order valence-electron chi connectivity index (χ4n) is 2.58. The van der Waals surface area contributed by atoms with Crippen LogP contribution in [0, 0.1) is 29.4 Å². The minimum absolute atomic E-state index is 0.0261. The highest BCUT2D eigenvalue weighted by atomic mass is 32.1. The number of hydrogen-bond acceptors (Lipinski definition) is 5. The molecule has 2 aromatic heterocycles. The first-order valence-electron chi connectivity index (χ1n) is 7.79. The summed E-state index contributed by atoms with van der Waals surface area (Å²) in [5.41, 5.74) is 1.79. The third-order valence-corrected chi connectivity index (χ3v) is 4.86. The minimum atomic E-state index is -0.480. The van der Waals surface area contributed by atoms with E-state index in [1.165, 1.54) is 23.5 Å². The fraction of sp³-hybridized carbons (Fsp3) is 0.235. The third-order valence-electron chi connectivity index (χ3n) is 3.82. The number of thiazole rings is 1. The van der Waals surface area contributed by atoms with Crippen molar-refractivity contribution in [3.05, 3.63) is 50.6 Å². The number of fused-ring (bicyclic) bond motifs is 1. The summed E-state index contributed by atoms with van der Waals surface area (Å²) in [6, 6.07) is 6.15. The zero-order valence-corrected chi connectivity index (χ0v) is 15.0. The van der Waals surface area contributed by atoms with Crippen LogP contribution in [0.1, 0.15) is 23.1 Å². The van der Waals surface area contributed by atoms with Crippen LogP contribution < -0.4 is 4.80 Å². The Labute approximate surface area is 152 Å². The van der Waals surface area contributed by atoms with Crippen LogP contribution in [0.5, 0.6) is 0 Å². The summed E-state index contributed by atoms with van der Waals surface area (Å²) < 4.78 is 4.04. The van der Waals surface area contributed by atoms with Gasteiger partial charge in [0.1, 0.15) is 0 Å². The molecule has 3 aromatic rings. The molecule has 0 saturated heterocycles. The molecule has 26 heavy (non-hydrogen) atoms. The summed E-state index contributed by atoms with van der Waals surface area (Å²) in [6.07, 6.45) is 5.42. The number of carbonyl (C=O) groups is 1. The number of benzene rings is 1. The molecule has 0 spiro atoms. The summed E-state index contributed by atoms with van der Waals surface area (Å²) in [7, 11) is 0. The number of nitro groups is 1. The minimum Gasteiger partial charge on any atom is -0.305 e. The second-order valence-electron chi connectivity index (χ2n) is 5.49. The van der Waals surface area contributed by atoms with E-state index in [1.54, 1.807) is 21.4 Å². The van der Waals surface area contributed by atoms with Crippen molar-refractivity contribution in [1.29, 1.82) is 0 Å². The Balaban J connectivity index is 2.14. The summed E-state index contributed by atoms with van der Waals surface area (Å²) >= 11 is 1.18. The first kappa shape index (κ1) is 17.6. The van der Waals surface area contributed by atoms with Gasteiger partial charge in [0, 0.05) is 24.4 Å². The molecular formula is C17H15N5O3S. The molecule has 0 aliphatic rings. The lowest BCUT2D eigenvalue weighted by molar-refractivity contribution is -0.384. The van der Waals surface area contributed by atoms with E-state index in [2.05, 4.69) is 16.0 Å². The molecule has 8 nitrogen and oxygen atoms in total. The van der Waals surface area contributed by atoms with Crippen molar-refractivity contribution in [2.24, 2.45) is 4.99 Å². The number of aryl methyl sites for hydroxylation is 2. The van der Waals surface area contributed by atoms with Crippen LogP contribution in [0.15, 0.2) is 29.3 Å². The topological polar surface area (TPSA) is 95.3 Å². The summed E-state index contributed by atoms with van der Waals surface area (Å²) in [5.74, 6) is 2.04. The molecular weight excluding hydrogens is 354 g/mol. The van der Waals surface area contributed by atoms with Crippen LogP contribution in [0.4, 0.5) is 5.69 Å². The van der Waals surface area contributed by atoms with Crippen molar-refractivity contribution in [1.82, 2.24) is 14.3 Å². The Bertz CT molecular complexity index is 1130. The van der Waals surface area contributed by atoms with Gasteiger partial charge in [-0.05, 0) is 26.0 Å². The van der Waals surface area contributed by atoms with Crippen LogP contribution in [-0.4, -0.2) is 25.2 Å². The normalized spacial score (nSPS) is 11.7. The SMILES string of the molecule is C#CCn1c(=NC(=O)c2cc(C)n(CC)n2)sc2cc([N+](=O)[O-])ccc21. The van der Waals surface area contributed by atoms with Crippen molar-refractivity contribution in [2.45, 2.75) is 26.9 Å². The standard InChI is InChI=1S/C17H15N5O3S/c1-4-8-20-14-7-6-12(22(24)25)10-15(14)26-17(20)18-16(23)13-9-11(3)21(5-2)19-13/h1,6-7,9-10H,5,8H2,2-3H3. The molecule has 3 rings (SSSR count). The maximum absolute atomic E-state index is 12.5. The number of rotatable bonds is 4. The molecule has 0 aliphatic heterocycles. The van der Waals surface area contributed by atoms with Gasteiger partial charge in [-0.2, -0.15) is 10.1 Å². The van der Waals surface area contributed by atoms with Crippen LogP contribution in [0.2, 0.25) is 0 Å². The van der Waals surface area contributed by atoms with Gasteiger partial charge < -0.3 is 4.57 Å². The Hall–Kier alpha value is -3.25. The lowest BCUT2D eigenvalue weighted by atomic mass is 10.3. The number of terminal acetylenes is 1. The van der Waals surface area contributed by atoms with Gasteiger partial charge >= 0.3 is 0 Å². The molecule has 0 N–H and O–H groups in total. The highest BCUT2D eigenvalue weighted by Crippen LogP contribution is 2.23. The average molecular weight is 369 g/mol. The first-order chi connectivity index (χ1) is 12.4. The van der Waals surface area contributed by atoms with Gasteiger partial charge in [0.15, 0.2) is 10.5 Å². The zero-order valence-electron chi connectivity index (χ0n) is 14.2. The lowest BCUT2D eigenvalue weighted by Gasteiger charge is -1.99. The number of non-ortho nitro benzene ring substituents is 1. The summed E-state index contributed by atoms with van der Waals surface area (Å²) in [6.45, 7) is 4.66. The third kappa shape index (κ3) is 3.14. The van der Waals surface area contributed by atoms with Crippen molar-refractivity contribution < 1.29 is 9.72 Å². The fourth-order valence-corrected chi connectivity index (χ4v) is 3.64. The highest BCUT2D eigenvalue weighted by Gasteiger charge is 2.14. The second-order valence-corrected chi connectivity index (χ2v) is 6.50. The number of hydrogen-bond donors (Lipinski definition) is 0. The summed E-state index contributed by atoms with van der Waals surface area (Å²) in [5, 5.41) is 15.2. The average Bonchev–Trinajstić information content (AvgIpc) is 3.15. The molecule has 1 amide bonds. The van der Waals surface area contributed by atoms with Gasteiger partial charge in [0.05, 0.1) is 21.7 Å². The van der Waals surface area contributed by atoms with Gasteiger partial charge in [-0.25, -0.2) is 0 Å². The number of nitro benzene ring substituents is 1. The molecule has 132 valence electrons. The van der Waals surface area contributed by atoms with Gasteiger partial charge in [0.2, 0.25) is 0 Å². The van der Waals surface area contributed by atoms with Gasteiger partial charge in [0.25, 0.3) is 11.6 Å². The Kier molecular flexibility index (Phi) is 4.69. The van der Waals surface area contributed by atoms with E-state index in [0.29, 0.717) is 21.6 Å². The second kappa shape index (κ2) is 6.93. The number of amides is 1. The summed E-state index contributed by atoms with van der Waals surface area (Å²) in [4.78, 5) is 27.5. The van der Waals surface area contributed by atoms with Crippen molar-refractivity contribution in [3.8, 4) is 12.3 Å². The quantitative estimate of drug-likeness (QED) is 0.401. The molecule has 0 atom stereocenters. The van der Waals surface area contributed by atoms with E-state index in [0.717, 1.165) is 5.69 Å². The number of aromatic nitrogens is 3. The van der Waals surface area contributed by atoms with Crippen molar-refractivity contribution >= 4 is 33.1 Å². The molecule has 9 heteroatoms. The number of carbonyl (C=O) groups excluding carboxylic acids is 1. The van der Waals surface area contributed by atoms with Crippen LogP contribution >= 0.6 is 11.3 Å². The lowest BCUT2D eigenvalue weighted by Crippen LogP contribution is -2.16. The Morgan fingerprint density at radius 3 is 2.85 bits per heavy atom. The van der Waals surface area contributed by atoms with Gasteiger partial charge in [-0.3, -0.25) is 19.6 Å². The maximum Gasteiger partial charge on any atom is 0.300 e. The first-order valence-corrected chi connectivity index (χ1v) is 8.61. The van der Waals surface area contributed by atoms with E-state index >= 15 is 0 Å². The van der Waals surface area contributed by atoms with Gasteiger partial charge in [-0.1, -0.05) is 17.3 Å². The zero-order chi connectivity index (χ0) is 18.8. The predicted molar refractivity (Wildman–Crippen MR) is 97.8 cm³/mol. The molecule has 0 radical (unpaired) electrons. The van der Waals surface area contributed by atoms with Crippen LogP contribution in [0.25, 0.3) is 10.2 Å². The Morgan fingerprint density at radius 2 is 2.23 bits per heavy atom. The van der Waals surface area contributed by atoms with E-state index in [-0.39, 0.29) is 17.9 Å². The predicted octanol–water partition coefficient (Wildman–Crippen LogP) is 2.51. The largest absolute Gasteiger partial charge is 0.305 e. The van der Waals surface area contributed by atoms with Crippen molar-refractivity contribution in [3.63, 3.8) is 0 Å². The van der Waals surface area contributed by atoms with E-state index in [9.17, 15) is 14.9 Å². The van der Waals surface area contributed by atoms with E-state index < -0.39 is 10.8 Å². The highest BCUT2D eigenvalue weighted by molar-refractivity contribution is 7.16. The van der Waals surface area contributed by atoms with E-state index in [1.807, 2.05) is 13.8 Å². The molecule has 0 aliphatic carbocycles. The van der Waals surface area contributed by atoms with E-state index in [4.69, 9.17) is 6.42 Å². The molecule has 0 saturated carbocycles. The molecule has 2 heterocycles. The molecule has 0 fully saturated rings. The molecule has 0 bridgehead atoms. The van der Waals surface area contributed by atoms with Crippen LogP contribution in [0.3, 0.4) is 0 Å². The van der Waals surface area contributed by atoms with Crippen molar-refractivity contribution in [2.75, 3.05) is 0 Å². The molecule has 1 aromatic carbocycles. The monoisotopic (exact) mass is 369 g/mol. The van der Waals surface area contributed by atoms with Crippen LogP contribution in [-0.2, 0) is 13.1 Å². The Morgan fingerprint density at radius 1 is 1.46 bits per heavy atom. The van der Waals surface area contributed by atoms with Gasteiger partial charge in [-0.15, -0.1) is 6.42 Å².